The number of esters is 1. The van der Waals surface area contributed by atoms with Crippen molar-refractivity contribution in [3.05, 3.63) is 29.8 Å². The fourth-order valence-corrected chi connectivity index (χ4v) is 1.69. The third-order valence-corrected chi connectivity index (χ3v) is 2.92. The van der Waals surface area contributed by atoms with Gasteiger partial charge in [-0.1, -0.05) is 17.7 Å². The number of ether oxygens (including phenoxy) is 2. The highest BCUT2D eigenvalue weighted by Gasteiger charge is 2.23. The van der Waals surface area contributed by atoms with Gasteiger partial charge >= 0.3 is 5.97 Å². The number of likely N-dealkylation sites (N-methyl/N-ethyl adjacent to an activating group) is 1. The molecule has 1 aromatic carbocycles. The summed E-state index contributed by atoms with van der Waals surface area (Å²) in [7, 11) is 1.30. The number of methoxy groups -OCH3 is 1. The zero-order chi connectivity index (χ0) is 15.1. The number of carbonyl (C=O) groups excluding carboxylic acids is 2. The van der Waals surface area contributed by atoms with Crippen molar-refractivity contribution in [2.45, 2.75) is 26.9 Å². The van der Waals surface area contributed by atoms with Crippen molar-refractivity contribution in [1.29, 1.82) is 0 Å². The standard InChI is InChI=1S/C15H21NO4/c1-5-16(10-14(17)19-4)15(18)12(3)20-13-8-6-11(2)7-9-13/h6-9,12H,5,10H2,1-4H3. The molecule has 0 N–H and O–H groups in total. The molecule has 0 heterocycles. The van der Waals surface area contributed by atoms with Crippen molar-refractivity contribution < 1.29 is 19.1 Å². The van der Waals surface area contributed by atoms with Crippen LogP contribution in [0.25, 0.3) is 0 Å². The summed E-state index contributed by atoms with van der Waals surface area (Å²) in [5.74, 6) is -0.0493. The van der Waals surface area contributed by atoms with Gasteiger partial charge in [0.25, 0.3) is 5.91 Å². The minimum Gasteiger partial charge on any atom is -0.481 e. The SMILES string of the molecule is CCN(CC(=O)OC)C(=O)C(C)Oc1ccc(C)cc1. The lowest BCUT2D eigenvalue weighted by atomic mass is 10.2. The summed E-state index contributed by atoms with van der Waals surface area (Å²) in [6.45, 7) is 5.82. The molecule has 5 nitrogen and oxygen atoms in total. The van der Waals surface area contributed by atoms with Crippen molar-refractivity contribution in [2.24, 2.45) is 0 Å². The van der Waals surface area contributed by atoms with E-state index in [0.29, 0.717) is 12.3 Å². The molecule has 1 aromatic rings. The molecule has 1 atom stereocenters. The van der Waals surface area contributed by atoms with E-state index in [1.807, 2.05) is 31.2 Å². The van der Waals surface area contributed by atoms with E-state index in [2.05, 4.69) is 4.74 Å². The number of carbonyl (C=O) groups is 2. The molecule has 0 spiro atoms. The number of amides is 1. The van der Waals surface area contributed by atoms with Crippen LogP contribution in [-0.4, -0.2) is 43.1 Å². The van der Waals surface area contributed by atoms with Gasteiger partial charge in [-0.2, -0.15) is 0 Å². The Labute approximate surface area is 119 Å². The van der Waals surface area contributed by atoms with Gasteiger partial charge in [-0.3, -0.25) is 9.59 Å². The highest BCUT2D eigenvalue weighted by molar-refractivity contribution is 5.85. The number of hydrogen-bond acceptors (Lipinski definition) is 4. The molecule has 0 aliphatic rings. The minimum atomic E-state index is -0.651. The van der Waals surface area contributed by atoms with E-state index >= 15 is 0 Å². The number of nitrogens with zero attached hydrogens (tertiary/aromatic N) is 1. The van der Waals surface area contributed by atoms with Gasteiger partial charge < -0.3 is 14.4 Å². The van der Waals surface area contributed by atoms with E-state index < -0.39 is 12.1 Å². The van der Waals surface area contributed by atoms with Crippen molar-refractivity contribution in [2.75, 3.05) is 20.2 Å². The van der Waals surface area contributed by atoms with E-state index in [1.54, 1.807) is 13.8 Å². The van der Waals surface area contributed by atoms with Gasteiger partial charge in [0.2, 0.25) is 0 Å². The molecule has 0 bridgehead atoms. The predicted molar refractivity (Wildman–Crippen MR) is 75.5 cm³/mol. The second-order valence-electron chi connectivity index (χ2n) is 4.50. The highest BCUT2D eigenvalue weighted by Crippen LogP contribution is 2.14. The van der Waals surface area contributed by atoms with Gasteiger partial charge in [0.1, 0.15) is 12.3 Å². The number of hydrogen-bond donors (Lipinski definition) is 0. The molecule has 0 saturated heterocycles. The summed E-state index contributed by atoms with van der Waals surface area (Å²) in [6.07, 6.45) is -0.651. The molecule has 110 valence electrons. The molecular weight excluding hydrogens is 258 g/mol. The Balaban J connectivity index is 2.64. The van der Waals surface area contributed by atoms with Crippen LogP contribution in [0.4, 0.5) is 0 Å². The van der Waals surface area contributed by atoms with Crippen LogP contribution in [0.3, 0.4) is 0 Å². The zero-order valence-electron chi connectivity index (χ0n) is 12.4. The average molecular weight is 279 g/mol. The van der Waals surface area contributed by atoms with E-state index in [-0.39, 0.29) is 12.5 Å². The van der Waals surface area contributed by atoms with Crippen LogP contribution in [0.15, 0.2) is 24.3 Å². The molecule has 1 amide bonds. The average Bonchev–Trinajstić information content (AvgIpc) is 2.46. The fourth-order valence-electron chi connectivity index (χ4n) is 1.69. The zero-order valence-corrected chi connectivity index (χ0v) is 12.4. The molecular formula is C15H21NO4. The number of rotatable bonds is 6. The Hall–Kier alpha value is -2.04. The first-order chi connectivity index (χ1) is 9.47. The molecule has 0 aliphatic carbocycles. The van der Waals surface area contributed by atoms with Crippen LogP contribution in [0.5, 0.6) is 5.75 Å². The molecule has 0 fully saturated rings. The first kappa shape index (κ1) is 16.0. The van der Waals surface area contributed by atoms with E-state index in [4.69, 9.17) is 4.74 Å². The van der Waals surface area contributed by atoms with Crippen molar-refractivity contribution >= 4 is 11.9 Å². The molecule has 20 heavy (non-hydrogen) atoms. The molecule has 0 aliphatic heterocycles. The molecule has 5 heteroatoms. The van der Waals surface area contributed by atoms with Gasteiger partial charge in [-0.25, -0.2) is 0 Å². The Morgan fingerprint density at radius 2 is 1.85 bits per heavy atom. The van der Waals surface area contributed by atoms with Crippen LogP contribution >= 0.6 is 0 Å². The summed E-state index contributed by atoms with van der Waals surface area (Å²) in [5.41, 5.74) is 1.12. The maximum absolute atomic E-state index is 12.2. The van der Waals surface area contributed by atoms with Crippen molar-refractivity contribution in [3.63, 3.8) is 0 Å². The summed E-state index contributed by atoms with van der Waals surface area (Å²) >= 11 is 0. The first-order valence-electron chi connectivity index (χ1n) is 6.56. The van der Waals surface area contributed by atoms with Crippen LogP contribution < -0.4 is 4.74 Å². The third-order valence-electron chi connectivity index (χ3n) is 2.92. The van der Waals surface area contributed by atoms with Gasteiger partial charge in [0, 0.05) is 6.54 Å². The molecule has 0 radical (unpaired) electrons. The van der Waals surface area contributed by atoms with E-state index in [9.17, 15) is 9.59 Å². The quantitative estimate of drug-likeness (QED) is 0.745. The lowest BCUT2D eigenvalue weighted by Gasteiger charge is -2.23. The van der Waals surface area contributed by atoms with Crippen LogP contribution in [0.2, 0.25) is 0 Å². The summed E-state index contributed by atoms with van der Waals surface area (Å²) in [5, 5.41) is 0. The molecule has 1 unspecified atom stereocenters. The van der Waals surface area contributed by atoms with Crippen LogP contribution in [0, 0.1) is 6.92 Å². The smallest absolute Gasteiger partial charge is 0.325 e. The van der Waals surface area contributed by atoms with Gasteiger partial charge in [-0.15, -0.1) is 0 Å². The first-order valence-corrected chi connectivity index (χ1v) is 6.56. The van der Waals surface area contributed by atoms with Crippen molar-refractivity contribution in [3.8, 4) is 5.75 Å². The molecule has 1 rings (SSSR count). The van der Waals surface area contributed by atoms with Gasteiger partial charge in [-0.05, 0) is 32.9 Å². The number of aryl methyl sites for hydroxylation is 1. The Bertz CT molecular complexity index is 455. The Morgan fingerprint density at radius 1 is 1.25 bits per heavy atom. The lowest BCUT2D eigenvalue weighted by molar-refractivity contribution is -0.149. The third kappa shape index (κ3) is 4.57. The maximum Gasteiger partial charge on any atom is 0.325 e. The summed E-state index contributed by atoms with van der Waals surface area (Å²) < 4.78 is 10.2. The van der Waals surface area contributed by atoms with E-state index in [0.717, 1.165) is 5.56 Å². The fraction of sp³-hybridized carbons (Fsp3) is 0.467. The Morgan fingerprint density at radius 3 is 2.35 bits per heavy atom. The largest absolute Gasteiger partial charge is 0.481 e. The van der Waals surface area contributed by atoms with E-state index in [1.165, 1.54) is 12.0 Å². The topological polar surface area (TPSA) is 55.8 Å². The van der Waals surface area contributed by atoms with Crippen molar-refractivity contribution in [1.82, 2.24) is 4.90 Å². The molecule has 0 saturated carbocycles. The van der Waals surface area contributed by atoms with Gasteiger partial charge in [0.15, 0.2) is 6.10 Å². The van der Waals surface area contributed by atoms with Crippen LogP contribution in [0.1, 0.15) is 19.4 Å². The summed E-state index contributed by atoms with van der Waals surface area (Å²) in [4.78, 5) is 24.8. The lowest BCUT2D eigenvalue weighted by Crippen LogP contribution is -2.43. The van der Waals surface area contributed by atoms with Crippen LogP contribution in [-0.2, 0) is 14.3 Å². The second kappa shape index (κ2) is 7.53. The Kier molecular flexibility index (Phi) is 6.03. The highest BCUT2D eigenvalue weighted by atomic mass is 16.5. The minimum absolute atomic E-state index is 0.0621. The molecule has 0 aromatic heterocycles. The monoisotopic (exact) mass is 279 g/mol. The predicted octanol–water partition coefficient (Wildman–Crippen LogP) is 1.78. The summed E-state index contributed by atoms with van der Waals surface area (Å²) in [6, 6.07) is 7.46. The maximum atomic E-state index is 12.2. The van der Waals surface area contributed by atoms with Gasteiger partial charge in [0.05, 0.1) is 7.11 Å². The number of benzene rings is 1. The second-order valence-corrected chi connectivity index (χ2v) is 4.50. The normalized spacial score (nSPS) is 11.6.